The van der Waals surface area contributed by atoms with Crippen LogP contribution in [0.15, 0.2) is 168 Å². The monoisotopic (exact) mass is 665 g/mol. The summed E-state index contributed by atoms with van der Waals surface area (Å²) < 4.78 is 11.6. The fourth-order valence-corrected chi connectivity index (χ4v) is 9.93. The van der Waals surface area contributed by atoms with Crippen LogP contribution in [-0.2, 0) is 0 Å². The van der Waals surface area contributed by atoms with E-state index >= 15 is 0 Å². The maximum Gasteiger partial charge on any atom is 0.143 e. The molecular formula is C48H27NOS. The Labute approximate surface area is 296 Å². The molecule has 4 aromatic heterocycles. The summed E-state index contributed by atoms with van der Waals surface area (Å²) in [6, 6.07) is 60.1. The lowest BCUT2D eigenvalue weighted by atomic mass is 9.96. The molecule has 0 amide bonds. The molecule has 0 saturated heterocycles. The van der Waals surface area contributed by atoms with Gasteiger partial charge in [-0.15, -0.1) is 11.3 Å². The van der Waals surface area contributed by atoms with Gasteiger partial charge in [-0.1, -0.05) is 121 Å². The molecule has 2 nitrogen and oxygen atoms in total. The normalized spacial score (nSPS) is 12.3. The van der Waals surface area contributed by atoms with Crippen LogP contribution in [0.25, 0.3) is 113 Å². The van der Waals surface area contributed by atoms with Crippen LogP contribution in [0.2, 0.25) is 0 Å². The molecule has 0 bridgehead atoms. The van der Waals surface area contributed by atoms with Crippen LogP contribution in [0.1, 0.15) is 0 Å². The summed E-state index contributed by atoms with van der Waals surface area (Å²) in [7, 11) is 0. The van der Waals surface area contributed by atoms with Crippen molar-refractivity contribution in [3.8, 4) is 22.3 Å². The minimum atomic E-state index is 0.918. The van der Waals surface area contributed by atoms with E-state index in [-0.39, 0.29) is 0 Å². The van der Waals surface area contributed by atoms with E-state index in [9.17, 15) is 0 Å². The third-order valence-corrected chi connectivity index (χ3v) is 12.1. The Hall–Kier alpha value is -6.42. The lowest BCUT2D eigenvalue weighted by Gasteiger charge is -2.08. The fraction of sp³-hybridized carbons (Fsp3) is 0. The second-order valence-electron chi connectivity index (χ2n) is 13.6. The van der Waals surface area contributed by atoms with Crippen LogP contribution >= 0.6 is 11.3 Å². The molecule has 0 N–H and O–H groups in total. The molecule has 236 valence electrons. The second-order valence-corrected chi connectivity index (χ2v) is 14.7. The molecule has 12 aromatic rings. The van der Waals surface area contributed by atoms with Gasteiger partial charge in [-0.25, -0.2) is 0 Å². The largest absolute Gasteiger partial charge is 0.455 e. The minimum absolute atomic E-state index is 0.918. The van der Waals surface area contributed by atoms with Gasteiger partial charge in [-0.2, -0.15) is 0 Å². The van der Waals surface area contributed by atoms with Crippen molar-refractivity contribution < 1.29 is 4.42 Å². The lowest BCUT2D eigenvalue weighted by Crippen LogP contribution is -1.87. The Morgan fingerprint density at radius 1 is 0.392 bits per heavy atom. The van der Waals surface area contributed by atoms with Gasteiger partial charge < -0.3 is 8.82 Å². The Kier molecular flexibility index (Phi) is 5.41. The van der Waals surface area contributed by atoms with Gasteiger partial charge in [-0.3, -0.25) is 0 Å². The van der Waals surface area contributed by atoms with Crippen LogP contribution in [0.4, 0.5) is 0 Å². The molecular weight excluding hydrogens is 639 g/mol. The minimum Gasteiger partial charge on any atom is -0.455 e. The number of aromatic nitrogens is 1. The van der Waals surface area contributed by atoms with Gasteiger partial charge in [0.25, 0.3) is 0 Å². The average molecular weight is 666 g/mol. The number of thiophene rings is 1. The molecule has 0 aliphatic carbocycles. The van der Waals surface area contributed by atoms with E-state index in [0.717, 1.165) is 33.1 Å². The maximum absolute atomic E-state index is 6.43. The Morgan fingerprint density at radius 3 is 1.84 bits per heavy atom. The maximum atomic E-state index is 6.43. The zero-order valence-electron chi connectivity index (χ0n) is 27.4. The standard InChI is InChI=1S/C48H27NOS/c1-3-20-40-32(12-1)34-15-8-22-43-45(34)46-35(16-9-23-44(46)51-43)36-17-7-18-37-39-27-29(24-25-41(39)49(40)47(36)37)28-10-5-11-30(26-28)31-14-6-19-38-33-13-2-4-21-42(33)50-48(31)38/h1-27H. The van der Waals surface area contributed by atoms with Crippen molar-refractivity contribution in [2.24, 2.45) is 0 Å². The van der Waals surface area contributed by atoms with E-state index in [1.165, 1.54) is 80.2 Å². The number of benzene rings is 8. The van der Waals surface area contributed by atoms with Crippen LogP contribution in [0.5, 0.6) is 0 Å². The van der Waals surface area contributed by atoms with E-state index in [1.54, 1.807) is 0 Å². The molecule has 0 saturated carbocycles. The number of rotatable bonds is 2. The summed E-state index contributed by atoms with van der Waals surface area (Å²) in [4.78, 5) is 0. The van der Waals surface area contributed by atoms with Gasteiger partial charge in [0.2, 0.25) is 0 Å². The number of hydrogen-bond donors (Lipinski definition) is 0. The molecule has 0 aliphatic rings. The van der Waals surface area contributed by atoms with Gasteiger partial charge in [0.1, 0.15) is 11.2 Å². The zero-order chi connectivity index (χ0) is 33.2. The Morgan fingerprint density at radius 2 is 0.980 bits per heavy atom. The summed E-state index contributed by atoms with van der Waals surface area (Å²) in [6.45, 7) is 0. The third-order valence-electron chi connectivity index (χ3n) is 10.9. The van der Waals surface area contributed by atoms with Crippen LogP contribution in [0.3, 0.4) is 0 Å². The summed E-state index contributed by atoms with van der Waals surface area (Å²) >= 11 is 1.89. The van der Waals surface area contributed by atoms with E-state index in [2.05, 4.69) is 156 Å². The highest BCUT2D eigenvalue weighted by Gasteiger charge is 2.19. The molecule has 3 heteroatoms. The van der Waals surface area contributed by atoms with Gasteiger partial charge in [-0.05, 0) is 69.9 Å². The quantitative estimate of drug-likeness (QED) is 0.180. The van der Waals surface area contributed by atoms with Crippen molar-refractivity contribution in [2.75, 3.05) is 0 Å². The van der Waals surface area contributed by atoms with Crippen LogP contribution < -0.4 is 0 Å². The predicted molar refractivity (Wildman–Crippen MR) is 218 cm³/mol. The summed E-state index contributed by atoms with van der Waals surface area (Å²) in [6.07, 6.45) is 0. The highest BCUT2D eigenvalue weighted by molar-refractivity contribution is 7.26. The van der Waals surface area contributed by atoms with Gasteiger partial charge in [0.15, 0.2) is 0 Å². The topological polar surface area (TPSA) is 17.6 Å². The van der Waals surface area contributed by atoms with E-state index in [1.807, 2.05) is 23.5 Å². The smallest absolute Gasteiger partial charge is 0.143 e. The van der Waals surface area contributed by atoms with E-state index in [0.29, 0.717) is 0 Å². The molecule has 4 heterocycles. The first-order chi connectivity index (χ1) is 25.3. The van der Waals surface area contributed by atoms with E-state index < -0.39 is 0 Å². The predicted octanol–water partition coefficient (Wildman–Crippen LogP) is 14.2. The van der Waals surface area contributed by atoms with Crippen molar-refractivity contribution in [3.05, 3.63) is 164 Å². The second kappa shape index (κ2) is 10.1. The van der Waals surface area contributed by atoms with Gasteiger partial charge >= 0.3 is 0 Å². The summed E-state index contributed by atoms with van der Waals surface area (Å²) in [5.74, 6) is 0. The molecule has 51 heavy (non-hydrogen) atoms. The van der Waals surface area contributed by atoms with Crippen molar-refractivity contribution in [1.29, 1.82) is 0 Å². The number of fused-ring (bicyclic) bond motifs is 10. The van der Waals surface area contributed by atoms with Crippen molar-refractivity contribution in [2.45, 2.75) is 0 Å². The number of hydrogen-bond acceptors (Lipinski definition) is 2. The van der Waals surface area contributed by atoms with E-state index in [4.69, 9.17) is 4.42 Å². The Balaban J connectivity index is 1.17. The Bertz CT molecular complexity index is 3430. The van der Waals surface area contributed by atoms with Crippen molar-refractivity contribution in [3.63, 3.8) is 0 Å². The molecule has 0 spiro atoms. The molecule has 12 rings (SSSR count). The third kappa shape index (κ3) is 3.71. The molecule has 0 aliphatic heterocycles. The molecule has 8 aromatic carbocycles. The number of para-hydroxylation sites is 4. The molecule has 0 atom stereocenters. The number of furan rings is 1. The average Bonchev–Trinajstić information content (AvgIpc) is 3.87. The summed E-state index contributed by atoms with van der Waals surface area (Å²) in [5.41, 5.74) is 10.1. The molecule has 0 radical (unpaired) electrons. The number of nitrogens with zero attached hydrogens (tertiary/aromatic N) is 1. The first kappa shape index (κ1) is 27.4. The zero-order valence-corrected chi connectivity index (χ0v) is 28.2. The highest BCUT2D eigenvalue weighted by Crippen LogP contribution is 2.45. The van der Waals surface area contributed by atoms with Crippen LogP contribution in [0, 0.1) is 0 Å². The van der Waals surface area contributed by atoms with Crippen molar-refractivity contribution >= 4 is 102 Å². The fourth-order valence-electron chi connectivity index (χ4n) is 8.77. The molecule has 0 unspecified atom stereocenters. The lowest BCUT2D eigenvalue weighted by molar-refractivity contribution is 0.670. The molecule has 0 fully saturated rings. The SMILES string of the molecule is c1cc(-c2ccc3c(c2)c2cccc4c5cccc6sc7cccc(c8ccccc8n3c42)c7c65)cc(-c2cccc3c2oc2ccccc23)c1. The highest BCUT2D eigenvalue weighted by atomic mass is 32.1. The first-order valence-electron chi connectivity index (χ1n) is 17.4. The van der Waals surface area contributed by atoms with Gasteiger partial charge in [0.05, 0.1) is 16.6 Å². The summed E-state index contributed by atoms with van der Waals surface area (Å²) in [5, 5.41) is 12.6. The van der Waals surface area contributed by atoms with Gasteiger partial charge in [0, 0.05) is 58.1 Å². The van der Waals surface area contributed by atoms with Crippen LogP contribution in [-0.4, -0.2) is 4.40 Å². The first-order valence-corrected chi connectivity index (χ1v) is 18.2. The van der Waals surface area contributed by atoms with Crippen molar-refractivity contribution in [1.82, 2.24) is 4.40 Å².